The zero-order valence-electron chi connectivity index (χ0n) is 12.3. The maximum Gasteiger partial charge on any atom is 0.319 e. The van der Waals surface area contributed by atoms with Crippen LogP contribution in [-0.4, -0.2) is 12.6 Å². The Balaban J connectivity index is 1.89. The van der Waals surface area contributed by atoms with Crippen LogP contribution in [0.25, 0.3) is 0 Å². The van der Waals surface area contributed by atoms with Crippen LogP contribution < -0.4 is 15.4 Å². The van der Waals surface area contributed by atoms with Crippen LogP contribution in [0.5, 0.6) is 5.75 Å². The van der Waals surface area contributed by atoms with Crippen molar-refractivity contribution in [3.8, 4) is 5.75 Å². The Labute approximate surface area is 125 Å². The van der Waals surface area contributed by atoms with Crippen LogP contribution in [0, 0.1) is 0 Å². The Morgan fingerprint density at radius 3 is 2.38 bits per heavy atom. The Bertz CT molecular complexity index is 567. The molecule has 2 N–H and O–H groups in total. The first kappa shape index (κ1) is 14.9. The second-order valence-electron chi connectivity index (χ2n) is 4.69. The summed E-state index contributed by atoms with van der Waals surface area (Å²) in [7, 11) is 0. The van der Waals surface area contributed by atoms with Gasteiger partial charge in [0.05, 0.1) is 12.6 Å². The van der Waals surface area contributed by atoms with Crippen molar-refractivity contribution in [3.05, 3.63) is 60.2 Å². The molecule has 2 rings (SSSR count). The smallest absolute Gasteiger partial charge is 0.319 e. The lowest BCUT2D eigenvalue weighted by Gasteiger charge is -2.15. The van der Waals surface area contributed by atoms with Crippen molar-refractivity contribution >= 4 is 11.7 Å². The van der Waals surface area contributed by atoms with Crippen molar-refractivity contribution in [1.29, 1.82) is 0 Å². The number of anilines is 1. The van der Waals surface area contributed by atoms with Crippen molar-refractivity contribution in [2.45, 2.75) is 19.9 Å². The normalized spacial score (nSPS) is 11.5. The molecule has 4 nitrogen and oxygen atoms in total. The number of ether oxygens (including phenoxy) is 1. The SMILES string of the molecule is CCOc1ccc(NC(=O)N[C@@H](C)c2ccccc2)cc1. The van der Waals surface area contributed by atoms with Gasteiger partial charge in [-0.15, -0.1) is 0 Å². The van der Waals surface area contributed by atoms with Crippen LogP contribution in [0.1, 0.15) is 25.5 Å². The van der Waals surface area contributed by atoms with Gasteiger partial charge in [0, 0.05) is 5.69 Å². The molecule has 0 fully saturated rings. The quantitative estimate of drug-likeness (QED) is 0.873. The summed E-state index contributed by atoms with van der Waals surface area (Å²) in [5.41, 5.74) is 1.80. The summed E-state index contributed by atoms with van der Waals surface area (Å²) in [6.07, 6.45) is 0. The van der Waals surface area contributed by atoms with E-state index >= 15 is 0 Å². The molecule has 0 aliphatic carbocycles. The fourth-order valence-corrected chi connectivity index (χ4v) is 1.99. The zero-order valence-corrected chi connectivity index (χ0v) is 12.3. The number of hydrogen-bond donors (Lipinski definition) is 2. The molecule has 2 aromatic rings. The van der Waals surface area contributed by atoms with Crippen molar-refractivity contribution in [3.63, 3.8) is 0 Å². The molecule has 21 heavy (non-hydrogen) atoms. The second kappa shape index (κ2) is 7.33. The Morgan fingerprint density at radius 1 is 1.10 bits per heavy atom. The highest BCUT2D eigenvalue weighted by Gasteiger charge is 2.09. The molecule has 0 heterocycles. The van der Waals surface area contributed by atoms with Crippen LogP contribution in [0.2, 0.25) is 0 Å². The van der Waals surface area contributed by atoms with E-state index in [1.807, 2.05) is 68.4 Å². The molecule has 1 atom stereocenters. The third kappa shape index (κ3) is 4.53. The molecule has 0 spiro atoms. The summed E-state index contributed by atoms with van der Waals surface area (Å²) in [6, 6.07) is 16.9. The molecule has 2 amide bonds. The highest BCUT2D eigenvalue weighted by Crippen LogP contribution is 2.16. The third-order valence-corrected chi connectivity index (χ3v) is 3.07. The van der Waals surface area contributed by atoms with E-state index in [0.29, 0.717) is 6.61 Å². The molecule has 0 saturated carbocycles. The van der Waals surface area contributed by atoms with Gasteiger partial charge in [-0.3, -0.25) is 0 Å². The van der Waals surface area contributed by atoms with Crippen molar-refractivity contribution in [1.82, 2.24) is 5.32 Å². The average Bonchev–Trinajstić information content (AvgIpc) is 2.50. The van der Waals surface area contributed by atoms with Crippen LogP contribution in [0.4, 0.5) is 10.5 Å². The van der Waals surface area contributed by atoms with E-state index in [1.165, 1.54) is 0 Å². The number of urea groups is 1. The van der Waals surface area contributed by atoms with Gasteiger partial charge in [-0.2, -0.15) is 0 Å². The predicted molar refractivity (Wildman–Crippen MR) is 84.6 cm³/mol. The molecule has 0 aromatic heterocycles. The first-order chi connectivity index (χ1) is 10.2. The van der Waals surface area contributed by atoms with E-state index in [-0.39, 0.29) is 12.1 Å². The van der Waals surface area contributed by atoms with Gasteiger partial charge in [-0.1, -0.05) is 30.3 Å². The zero-order chi connectivity index (χ0) is 15.1. The standard InChI is InChI=1S/C17H20N2O2/c1-3-21-16-11-9-15(10-12-16)19-17(20)18-13(2)14-7-5-4-6-8-14/h4-13H,3H2,1-2H3,(H2,18,19,20)/t13-/m0/s1. The molecule has 4 heteroatoms. The molecule has 0 bridgehead atoms. The Morgan fingerprint density at radius 2 is 1.76 bits per heavy atom. The van der Waals surface area contributed by atoms with Gasteiger partial charge in [0.15, 0.2) is 0 Å². The number of rotatable bonds is 5. The third-order valence-electron chi connectivity index (χ3n) is 3.07. The summed E-state index contributed by atoms with van der Waals surface area (Å²) in [5, 5.41) is 5.71. The van der Waals surface area contributed by atoms with E-state index in [2.05, 4.69) is 10.6 Å². The lowest BCUT2D eigenvalue weighted by atomic mass is 10.1. The number of hydrogen-bond acceptors (Lipinski definition) is 2. The maximum absolute atomic E-state index is 12.0. The minimum atomic E-state index is -0.226. The number of nitrogens with one attached hydrogen (secondary N) is 2. The fourth-order valence-electron chi connectivity index (χ4n) is 1.99. The molecule has 0 unspecified atom stereocenters. The topological polar surface area (TPSA) is 50.4 Å². The van der Waals surface area contributed by atoms with Crippen molar-refractivity contribution in [2.75, 3.05) is 11.9 Å². The van der Waals surface area contributed by atoms with Gasteiger partial charge in [0.25, 0.3) is 0 Å². The van der Waals surface area contributed by atoms with Gasteiger partial charge >= 0.3 is 6.03 Å². The molecule has 0 aliphatic heterocycles. The highest BCUT2D eigenvalue weighted by atomic mass is 16.5. The largest absolute Gasteiger partial charge is 0.494 e. The number of amides is 2. The summed E-state index contributed by atoms with van der Waals surface area (Å²) in [4.78, 5) is 12.0. The van der Waals surface area contributed by atoms with Gasteiger partial charge in [-0.05, 0) is 43.7 Å². The molecule has 0 aliphatic rings. The predicted octanol–water partition coefficient (Wildman–Crippen LogP) is 3.97. The summed E-state index contributed by atoms with van der Waals surface area (Å²) in [6.45, 7) is 4.51. The minimum Gasteiger partial charge on any atom is -0.494 e. The van der Waals surface area contributed by atoms with E-state index in [1.54, 1.807) is 0 Å². The van der Waals surface area contributed by atoms with E-state index in [0.717, 1.165) is 17.0 Å². The molecule has 0 radical (unpaired) electrons. The maximum atomic E-state index is 12.0. The van der Waals surface area contributed by atoms with Gasteiger partial charge in [-0.25, -0.2) is 4.79 Å². The van der Waals surface area contributed by atoms with Crippen LogP contribution in [0.3, 0.4) is 0 Å². The Kier molecular flexibility index (Phi) is 5.21. The monoisotopic (exact) mass is 284 g/mol. The summed E-state index contributed by atoms with van der Waals surface area (Å²) < 4.78 is 5.36. The van der Waals surface area contributed by atoms with Crippen LogP contribution in [-0.2, 0) is 0 Å². The number of carbonyl (C=O) groups excluding carboxylic acids is 1. The minimum absolute atomic E-state index is 0.0473. The van der Waals surface area contributed by atoms with E-state index < -0.39 is 0 Å². The van der Waals surface area contributed by atoms with E-state index in [9.17, 15) is 4.79 Å². The molecular formula is C17H20N2O2. The lowest BCUT2D eigenvalue weighted by Crippen LogP contribution is -2.31. The summed E-state index contributed by atoms with van der Waals surface area (Å²) in [5.74, 6) is 0.793. The van der Waals surface area contributed by atoms with E-state index in [4.69, 9.17) is 4.74 Å². The average molecular weight is 284 g/mol. The van der Waals surface area contributed by atoms with Crippen LogP contribution in [0.15, 0.2) is 54.6 Å². The van der Waals surface area contributed by atoms with Crippen LogP contribution >= 0.6 is 0 Å². The first-order valence-corrected chi connectivity index (χ1v) is 7.04. The fraction of sp³-hybridized carbons (Fsp3) is 0.235. The number of carbonyl (C=O) groups is 1. The van der Waals surface area contributed by atoms with Crippen molar-refractivity contribution in [2.24, 2.45) is 0 Å². The second-order valence-corrected chi connectivity index (χ2v) is 4.69. The molecule has 2 aromatic carbocycles. The molecular weight excluding hydrogens is 264 g/mol. The van der Waals surface area contributed by atoms with Gasteiger partial charge in [0.1, 0.15) is 5.75 Å². The Hall–Kier alpha value is -2.49. The summed E-state index contributed by atoms with van der Waals surface area (Å²) >= 11 is 0. The number of benzene rings is 2. The highest BCUT2D eigenvalue weighted by molar-refractivity contribution is 5.89. The van der Waals surface area contributed by atoms with Gasteiger partial charge in [0.2, 0.25) is 0 Å². The lowest BCUT2D eigenvalue weighted by molar-refractivity contribution is 0.249. The molecule has 110 valence electrons. The van der Waals surface area contributed by atoms with Crippen molar-refractivity contribution < 1.29 is 9.53 Å². The van der Waals surface area contributed by atoms with Gasteiger partial charge < -0.3 is 15.4 Å². The first-order valence-electron chi connectivity index (χ1n) is 7.04. The molecule has 0 saturated heterocycles.